The molecule has 0 aliphatic heterocycles. The van der Waals surface area contributed by atoms with Gasteiger partial charge in [0, 0.05) is 12.6 Å². The van der Waals surface area contributed by atoms with E-state index >= 15 is 0 Å². The van der Waals surface area contributed by atoms with Gasteiger partial charge in [-0.05, 0) is 45.3 Å². The van der Waals surface area contributed by atoms with Crippen molar-refractivity contribution in [3.8, 4) is 0 Å². The van der Waals surface area contributed by atoms with E-state index in [2.05, 4.69) is 50.0 Å². The highest BCUT2D eigenvalue weighted by Gasteiger charge is 2.33. The fourth-order valence-electron chi connectivity index (χ4n) is 2.72. The van der Waals surface area contributed by atoms with Crippen LogP contribution in [0.4, 0.5) is 0 Å². The van der Waals surface area contributed by atoms with Crippen LogP contribution in [0.15, 0.2) is 30.3 Å². The molecule has 0 heterocycles. The number of hydrogen-bond donors (Lipinski definition) is 2. The molecule has 2 N–H and O–H groups in total. The lowest BCUT2D eigenvalue weighted by Crippen LogP contribution is -2.55. The van der Waals surface area contributed by atoms with E-state index in [1.165, 1.54) is 5.56 Å². The molecule has 1 aromatic rings. The van der Waals surface area contributed by atoms with Crippen LogP contribution in [-0.4, -0.2) is 42.3 Å². The van der Waals surface area contributed by atoms with Crippen LogP contribution in [-0.2, 0) is 5.54 Å². The first-order chi connectivity index (χ1) is 10.1. The molecule has 0 aliphatic rings. The van der Waals surface area contributed by atoms with Crippen LogP contribution in [0, 0.1) is 0 Å². The van der Waals surface area contributed by atoms with Gasteiger partial charge in [-0.3, -0.25) is 4.90 Å². The summed E-state index contributed by atoms with van der Waals surface area (Å²) in [5, 5.41) is 13.8. The molecule has 3 nitrogen and oxygen atoms in total. The Morgan fingerprint density at radius 2 is 1.81 bits per heavy atom. The molecule has 0 saturated carbocycles. The second-order valence-corrected chi connectivity index (χ2v) is 6.10. The molecule has 0 aliphatic carbocycles. The van der Waals surface area contributed by atoms with Gasteiger partial charge in [-0.1, -0.05) is 44.2 Å². The third-order valence-electron chi connectivity index (χ3n) is 4.02. The van der Waals surface area contributed by atoms with Gasteiger partial charge in [-0.25, -0.2) is 0 Å². The molecule has 0 radical (unpaired) electrons. The normalized spacial score (nSPS) is 14.6. The van der Waals surface area contributed by atoms with Crippen molar-refractivity contribution in [3.05, 3.63) is 35.9 Å². The average molecular weight is 292 g/mol. The minimum atomic E-state index is -0.378. The average Bonchev–Trinajstić information content (AvgIpc) is 2.51. The molecule has 1 atom stereocenters. The monoisotopic (exact) mass is 292 g/mol. The number of aliphatic hydroxyl groups excluding tert-OH is 1. The van der Waals surface area contributed by atoms with Gasteiger partial charge in [-0.15, -0.1) is 0 Å². The van der Waals surface area contributed by atoms with E-state index < -0.39 is 0 Å². The van der Waals surface area contributed by atoms with Crippen LogP contribution in [0.2, 0.25) is 0 Å². The van der Waals surface area contributed by atoms with E-state index in [9.17, 15) is 5.11 Å². The van der Waals surface area contributed by atoms with E-state index in [1.807, 2.05) is 18.2 Å². The van der Waals surface area contributed by atoms with Gasteiger partial charge in [0.2, 0.25) is 0 Å². The standard InChI is InChI=1S/C18H32N2O/c1-5-12-19-18(15-21,17-10-8-7-9-11-17)14-20(13-6-2)16(3)4/h7-11,16,19,21H,5-6,12-15H2,1-4H3. The van der Waals surface area contributed by atoms with Gasteiger partial charge < -0.3 is 10.4 Å². The van der Waals surface area contributed by atoms with Gasteiger partial charge in [0.25, 0.3) is 0 Å². The smallest absolute Gasteiger partial charge is 0.0797 e. The number of hydrogen-bond acceptors (Lipinski definition) is 3. The van der Waals surface area contributed by atoms with Crippen LogP contribution in [0.25, 0.3) is 0 Å². The van der Waals surface area contributed by atoms with Crippen LogP contribution >= 0.6 is 0 Å². The second-order valence-electron chi connectivity index (χ2n) is 6.10. The topological polar surface area (TPSA) is 35.5 Å². The first-order valence-corrected chi connectivity index (χ1v) is 8.25. The number of nitrogens with zero attached hydrogens (tertiary/aromatic N) is 1. The Bertz CT molecular complexity index is 380. The number of rotatable bonds is 10. The molecular formula is C18H32N2O. The molecule has 1 unspecified atom stereocenters. The predicted molar refractivity (Wildman–Crippen MR) is 90.5 cm³/mol. The van der Waals surface area contributed by atoms with E-state index in [0.29, 0.717) is 6.04 Å². The fourth-order valence-corrected chi connectivity index (χ4v) is 2.72. The lowest BCUT2D eigenvalue weighted by molar-refractivity contribution is 0.0904. The van der Waals surface area contributed by atoms with Crippen molar-refractivity contribution in [2.75, 3.05) is 26.2 Å². The maximum atomic E-state index is 10.2. The third-order valence-corrected chi connectivity index (χ3v) is 4.02. The maximum absolute atomic E-state index is 10.2. The molecule has 0 amide bonds. The van der Waals surface area contributed by atoms with Gasteiger partial charge in [0.05, 0.1) is 12.1 Å². The van der Waals surface area contributed by atoms with Crippen molar-refractivity contribution in [1.82, 2.24) is 10.2 Å². The zero-order chi connectivity index (χ0) is 15.7. The van der Waals surface area contributed by atoms with Crippen LogP contribution < -0.4 is 5.32 Å². The number of benzene rings is 1. The van der Waals surface area contributed by atoms with Crippen molar-refractivity contribution >= 4 is 0 Å². The SMILES string of the molecule is CCCNC(CO)(CN(CCC)C(C)C)c1ccccc1. The molecule has 1 rings (SSSR count). The molecule has 0 aromatic heterocycles. The predicted octanol–water partition coefficient (Wildman–Crippen LogP) is 2.99. The summed E-state index contributed by atoms with van der Waals surface area (Å²) in [6.45, 7) is 11.7. The highest BCUT2D eigenvalue weighted by Crippen LogP contribution is 2.23. The summed E-state index contributed by atoms with van der Waals surface area (Å²) in [5.41, 5.74) is 0.791. The first kappa shape index (κ1) is 18.1. The van der Waals surface area contributed by atoms with E-state index in [-0.39, 0.29) is 12.1 Å². The van der Waals surface area contributed by atoms with Crippen molar-refractivity contribution in [3.63, 3.8) is 0 Å². The largest absolute Gasteiger partial charge is 0.394 e. The van der Waals surface area contributed by atoms with E-state index in [4.69, 9.17) is 0 Å². The Morgan fingerprint density at radius 3 is 2.29 bits per heavy atom. The lowest BCUT2D eigenvalue weighted by Gasteiger charge is -2.40. The molecule has 3 heteroatoms. The molecular weight excluding hydrogens is 260 g/mol. The van der Waals surface area contributed by atoms with Gasteiger partial charge in [0.1, 0.15) is 0 Å². The first-order valence-electron chi connectivity index (χ1n) is 8.25. The number of nitrogens with one attached hydrogen (secondary N) is 1. The molecule has 0 saturated heterocycles. The molecule has 120 valence electrons. The minimum absolute atomic E-state index is 0.115. The lowest BCUT2D eigenvalue weighted by atomic mass is 9.89. The Hall–Kier alpha value is -0.900. The molecule has 0 fully saturated rings. The zero-order valence-electron chi connectivity index (χ0n) is 14.1. The van der Waals surface area contributed by atoms with Gasteiger partial charge >= 0.3 is 0 Å². The summed E-state index contributed by atoms with van der Waals surface area (Å²) in [4.78, 5) is 2.45. The third kappa shape index (κ3) is 5.10. The summed E-state index contributed by atoms with van der Waals surface area (Å²) in [7, 11) is 0. The summed E-state index contributed by atoms with van der Waals surface area (Å²) in [6.07, 6.45) is 2.19. The van der Waals surface area contributed by atoms with E-state index in [1.54, 1.807) is 0 Å². The molecule has 0 bridgehead atoms. The summed E-state index contributed by atoms with van der Waals surface area (Å²) >= 11 is 0. The quantitative estimate of drug-likeness (QED) is 0.696. The molecule has 0 spiro atoms. The maximum Gasteiger partial charge on any atom is 0.0797 e. The summed E-state index contributed by atoms with van der Waals surface area (Å²) < 4.78 is 0. The van der Waals surface area contributed by atoms with Crippen LogP contribution in [0.1, 0.15) is 46.1 Å². The van der Waals surface area contributed by atoms with Crippen LogP contribution in [0.3, 0.4) is 0 Å². The fraction of sp³-hybridized carbons (Fsp3) is 0.667. The van der Waals surface area contributed by atoms with Crippen molar-refractivity contribution in [2.24, 2.45) is 0 Å². The van der Waals surface area contributed by atoms with Crippen molar-refractivity contribution < 1.29 is 5.11 Å². The second kappa shape index (κ2) is 9.19. The minimum Gasteiger partial charge on any atom is -0.394 e. The van der Waals surface area contributed by atoms with Gasteiger partial charge in [-0.2, -0.15) is 0 Å². The number of aliphatic hydroxyl groups is 1. The zero-order valence-corrected chi connectivity index (χ0v) is 14.1. The van der Waals surface area contributed by atoms with E-state index in [0.717, 1.165) is 32.5 Å². The summed E-state index contributed by atoms with van der Waals surface area (Å²) in [6, 6.07) is 10.8. The Kier molecular flexibility index (Phi) is 7.94. The molecule has 21 heavy (non-hydrogen) atoms. The highest BCUT2D eigenvalue weighted by atomic mass is 16.3. The summed E-state index contributed by atoms with van der Waals surface area (Å²) in [5.74, 6) is 0. The van der Waals surface area contributed by atoms with Gasteiger partial charge in [0.15, 0.2) is 0 Å². The van der Waals surface area contributed by atoms with Crippen LogP contribution in [0.5, 0.6) is 0 Å². The Morgan fingerprint density at radius 1 is 1.14 bits per heavy atom. The molecule has 1 aromatic carbocycles. The highest BCUT2D eigenvalue weighted by molar-refractivity contribution is 5.25. The van der Waals surface area contributed by atoms with Crippen molar-refractivity contribution in [2.45, 2.75) is 52.1 Å². The Labute approximate surface area is 130 Å². The van der Waals surface area contributed by atoms with Crippen molar-refractivity contribution in [1.29, 1.82) is 0 Å². The Balaban J connectivity index is 3.05.